The van der Waals surface area contributed by atoms with E-state index in [0.29, 0.717) is 5.95 Å². The minimum atomic E-state index is 0.327. The number of rotatable bonds is 7. The van der Waals surface area contributed by atoms with Gasteiger partial charge in [0, 0.05) is 18.3 Å². The fourth-order valence-corrected chi connectivity index (χ4v) is 2.17. The van der Waals surface area contributed by atoms with Crippen LogP contribution in [0.1, 0.15) is 36.5 Å². The Kier molecular flexibility index (Phi) is 5.55. The van der Waals surface area contributed by atoms with Gasteiger partial charge in [-0.2, -0.15) is 4.98 Å². The van der Waals surface area contributed by atoms with Crippen LogP contribution in [-0.2, 0) is 12.8 Å². The zero-order valence-electron chi connectivity index (χ0n) is 12.9. The van der Waals surface area contributed by atoms with Crippen molar-refractivity contribution in [3.05, 3.63) is 47.2 Å². The van der Waals surface area contributed by atoms with E-state index in [4.69, 9.17) is 5.73 Å². The largest absolute Gasteiger partial charge is 0.370 e. The number of nitrogens with two attached hydrogens (primary N) is 1. The van der Waals surface area contributed by atoms with Gasteiger partial charge in [-0.25, -0.2) is 4.98 Å². The van der Waals surface area contributed by atoms with Crippen LogP contribution in [0.3, 0.4) is 0 Å². The first-order valence-corrected chi connectivity index (χ1v) is 7.60. The fourth-order valence-electron chi connectivity index (χ4n) is 2.17. The molecule has 0 spiro atoms. The highest BCUT2D eigenvalue weighted by molar-refractivity contribution is 5.46. The third kappa shape index (κ3) is 4.74. The molecule has 1 aromatic carbocycles. The predicted molar refractivity (Wildman–Crippen MR) is 88.4 cm³/mol. The van der Waals surface area contributed by atoms with Crippen molar-refractivity contribution in [1.29, 1.82) is 0 Å². The van der Waals surface area contributed by atoms with E-state index in [1.165, 1.54) is 11.1 Å². The molecule has 1 heterocycles. The Morgan fingerprint density at radius 3 is 2.62 bits per heavy atom. The number of benzene rings is 1. The summed E-state index contributed by atoms with van der Waals surface area (Å²) in [5, 5.41) is 3.37. The number of aryl methyl sites for hydroxylation is 3. The Morgan fingerprint density at radius 2 is 1.90 bits per heavy atom. The SMILES string of the molecule is CCCCNc1nc(N)ncc1CCc1ccc(C)cc1. The van der Waals surface area contributed by atoms with Crippen molar-refractivity contribution in [3.63, 3.8) is 0 Å². The summed E-state index contributed by atoms with van der Waals surface area (Å²) < 4.78 is 0. The Hall–Kier alpha value is -2.10. The van der Waals surface area contributed by atoms with E-state index in [2.05, 4.69) is 53.4 Å². The Balaban J connectivity index is 2.02. The maximum atomic E-state index is 5.69. The van der Waals surface area contributed by atoms with Gasteiger partial charge in [0.05, 0.1) is 0 Å². The molecule has 1 aromatic heterocycles. The van der Waals surface area contributed by atoms with Gasteiger partial charge in [-0.1, -0.05) is 43.2 Å². The molecular formula is C17H24N4. The van der Waals surface area contributed by atoms with Crippen molar-refractivity contribution in [2.75, 3.05) is 17.6 Å². The lowest BCUT2D eigenvalue weighted by Crippen LogP contribution is -2.09. The van der Waals surface area contributed by atoms with Gasteiger partial charge >= 0.3 is 0 Å². The molecule has 0 amide bonds. The van der Waals surface area contributed by atoms with E-state index in [0.717, 1.165) is 43.6 Å². The highest BCUT2D eigenvalue weighted by Crippen LogP contribution is 2.16. The van der Waals surface area contributed by atoms with Gasteiger partial charge in [0.2, 0.25) is 5.95 Å². The molecule has 0 radical (unpaired) electrons. The van der Waals surface area contributed by atoms with Crippen LogP contribution in [0.25, 0.3) is 0 Å². The van der Waals surface area contributed by atoms with Crippen molar-refractivity contribution in [2.24, 2.45) is 0 Å². The second-order valence-electron chi connectivity index (χ2n) is 5.37. The second-order valence-corrected chi connectivity index (χ2v) is 5.37. The molecule has 0 bridgehead atoms. The van der Waals surface area contributed by atoms with Crippen molar-refractivity contribution < 1.29 is 0 Å². The number of aromatic nitrogens is 2. The molecule has 3 N–H and O–H groups in total. The first-order valence-electron chi connectivity index (χ1n) is 7.60. The van der Waals surface area contributed by atoms with Crippen LogP contribution in [0.15, 0.2) is 30.5 Å². The van der Waals surface area contributed by atoms with Gasteiger partial charge in [-0.3, -0.25) is 0 Å². The number of anilines is 2. The summed E-state index contributed by atoms with van der Waals surface area (Å²) in [6, 6.07) is 8.65. The average Bonchev–Trinajstić information content (AvgIpc) is 2.48. The van der Waals surface area contributed by atoms with Gasteiger partial charge in [0.1, 0.15) is 5.82 Å². The fraction of sp³-hybridized carbons (Fsp3) is 0.412. The number of nitrogens with zero attached hydrogens (tertiary/aromatic N) is 2. The average molecular weight is 284 g/mol. The van der Waals surface area contributed by atoms with Crippen LogP contribution in [0.2, 0.25) is 0 Å². The molecule has 112 valence electrons. The van der Waals surface area contributed by atoms with Gasteiger partial charge in [0.25, 0.3) is 0 Å². The Bertz CT molecular complexity index is 564. The van der Waals surface area contributed by atoms with E-state index >= 15 is 0 Å². The minimum absolute atomic E-state index is 0.327. The van der Waals surface area contributed by atoms with Gasteiger partial charge in [0.15, 0.2) is 0 Å². The van der Waals surface area contributed by atoms with Crippen LogP contribution in [0, 0.1) is 6.92 Å². The number of hydrogen-bond donors (Lipinski definition) is 2. The summed E-state index contributed by atoms with van der Waals surface area (Å²) in [5.74, 6) is 1.20. The van der Waals surface area contributed by atoms with Crippen LogP contribution in [-0.4, -0.2) is 16.5 Å². The van der Waals surface area contributed by atoms with Crippen molar-refractivity contribution in [2.45, 2.75) is 39.5 Å². The summed E-state index contributed by atoms with van der Waals surface area (Å²) in [5.41, 5.74) is 9.44. The molecule has 4 heteroatoms. The maximum Gasteiger partial charge on any atom is 0.221 e. The van der Waals surface area contributed by atoms with Crippen LogP contribution in [0.4, 0.5) is 11.8 Å². The first-order chi connectivity index (χ1) is 10.2. The summed E-state index contributed by atoms with van der Waals surface area (Å²) >= 11 is 0. The molecule has 0 fully saturated rings. The second kappa shape index (κ2) is 7.62. The molecule has 2 aromatic rings. The number of unbranched alkanes of at least 4 members (excludes halogenated alkanes) is 1. The summed E-state index contributed by atoms with van der Waals surface area (Å²) in [7, 11) is 0. The zero-order chi connectivity index (χ0) is 15.1. The normalized spacial score (nSPS) is 10.6. The van der Waals surface area contributed by atoms with Crippen LogP contribution >= 0.6 is 0 Å². The first kappa shape index (κ1) is 15.3. The molecule has 2 rings (SSSR count). The lowest BCUT2D eigenvalue weighted by Gasteiger charge is -2.11. The minimum Gasteiger partial charge on any atom is -0.370 e. The standard InChI is InChI=1S/C17H24N4/c1-3-4-11-19-16-15(12-20-17(18)21-16)10-9-14-7-5-13(2)6-8-14/h5-8,12H,3-4,9-11H2,1-2H3,(H3,18,19,20,21). The van der Waals surface area contributed by atoms with Crippen LogP contribution in [0.5, 0.6) is 0 Å². The third-order valence-corrected chi connectivity index (χ3v) is 3.51. The summed E-state index contributed by atoms with van der Waals surface area (Å²) in [6.07, 6.45) is 6.02. The highest BCUT2D eigenvalue weighted by atomic mass is 15.1. The molecular weight excluding hydrogens is 260 g/mol. The molecule has 0 aliphatic heterocycles. The molecule has 0 atom stereocenters. The molecule has 4 nitrogen and oxygen atoms in total. The predicted octanol–water partition coefficient (Wildman–Crippen LogP) is 3.36. The van der Waals surface area contributed by atoms with Gasteiger partial charge < -0.3 is 11.1 Å². The lowest BCUT2D eigenvalue weighted by molar-refractivity contribution is 0.825. The van der Waals surface area contributed by atoms with Crippen molar-refractivity contribution >= 4 is 11.8 Å². The number of nitrogens with one attached hydrogen (secondary N) is 1. The van der Waals surface area contributed by atoms with Gasteiger partial charge in [-0.15, -0.1) is 0 Å². The summed E-state index contributed by atoms with van der Waals surface area (Å²) in [4.78, 5) is 8.45. The maximum absolute atomic E-state index is 5.69. The van der Waals surface area contributed by atoms with Gasteiger partial charge in [-0.05, 0) is 31.7 Å². The monoisotopic (exact) mass is 284 g/mol. The third-order valence-electron chi connectivity index (χ3n) is 3.51. The molecule has 0 aliphatic carbocycles. The van der Waals surface area contributed by atoms with E-state index in [1.54, 1.807) is 0 Å². The van der Waals surface area contributed by atoms with Crippen molar-refractivity contribution in [1.82, 2.24) is 9.97 Å². The van der Waals surface area contributed by atoms with E-state index in [9.17, 15) is 0 Å². The van der Waals surface area contributed by atoms with E-state index < -0.39 is 0 Å². The quantitative estimate of drug-likeness (QED) is 0.765. The molecule has 0 aliphatic rings. The highest BCUT2D eigenvalue weighted by Gasteiger charge is 2.06. The molecule has 0 unspecified atom stereocenters. The summed E-state index contributed by atoms with van der Waals surface area (Å²) in [6.45, 7) is 5.20. The number of nitrogen functional groups attached to an aromatic ring is 1. The number of hydrogen-bond acceptors (Lipinski definition) is 4. The smallest absolute Gasteiger partial charge is 0.221 e. The molecule has 0 saturated carbocycles. The lowest BCUT2D eigenvalue weighted by atomic mass is 10.0. The topological polar surface area (TPSA) is 63.8 Å². The molecule has 0 saturated heterocycles. The molecule has 21 heavy (non-hydrogen) atoms. The van der Waals surface area contributed by atoms with E-state index in [-0.39, 0.29) is 0 Å². The Labute approximate surface area is 126 Å². The van der Waals surface area contributed by atoms with E-state index in [1.807, 2.05) is 6.20 Å². The van der Waals surface area contributed by atoms with Crippen molar-refractivity contribution in [3.8, 4) is 0 Å². The Morgan fingerprint density at radius 1 is 1.14 bits per heavy atom. The van der Waals surface area contributed by atoms with Crippen LogP contribution < -0.4 is 11.1 Å². The zero-order valence-corrected chi connectivity index (χ0v) is 12.9.